The van der Waals surface area contributed by atoms with Gasteiger partial charge in [0.2, 0.25) is 0 Å². The van der Waals surface area contributed by atoms with Crippen LogP contribution in [-0.4, -0.2) is 30.1 Å². The first-order chi connectivity index (χ1) is 11.2. The number of rotatable bonds is 5. The normalized spacial score (nSPS) is 10.7. The first-order valence-electron chi connectivity index (χ1n) is 6.96. The molecule has 3 rings (SSSR count). The summed E-state index contributed by atoms with van der Waals surface area (Å²) >= 11 is 2.87. The van der Waals surface area contributed by atoms with Gasteiger partial charge in [0.15, 0.2) is 6.61 Å². The molecular weight excluding hydrogens is 334 g/mol. The lowest BCUT2D eigenvalue weighted by atomic mass is 10.3. The van der Waals surface area contributed by atoms with E-state index in [0.29, 0.717) is 4.88 Å². The van der Waals surface area contributed by atoms with E-state index in [9.17, 15) is 9.59 Å². The fourth-order valence-corrected chi connectivity index (χ4v) is 3.86. The van der Waals surface area contributed by atoms with Gasteiger partial charge in [0.1, 0.15) is 9.88 Å². The van der Waals surface area contributed by atoms with Gasteiger partial charge in [-0.05, 0) is 31.2 Å². The highest BCUT2D eigenvalue weighted by Gasteiger charge is 2.15. The Morgan fingerprint density at radius 3 is 2.70 bits per heavy atom. The SMILES string of the molecule is CCOC(=O)COC(=O)c1ccc(-c2nc3ccccc3s2)s1. The molecule has 5 nitrogen and oxygen atoms in total. The minimum absolute atomic E-state index is 0.261. The number of ether oxygens (including phenoxy) is 2. The van der Waals surface area contributed by atoms with Gasteiger partial charge in [-0.25, -0.2) is 14.6 Å². The van der Waals surface area contributed by atoms with Crippen molar-refractivity contribution >= 4 is 44.8 Å². The highest BCUT2D eigenvalue weighted by atomic mass is 32.1. The van der Waals surface area contributed by atoms with Crippen molar-refractivity contribution in [2.45, 2.75) is 6.92 Å². The number of fused-ring (bicyclic) bond motifs is 1. The Kier molecular flexibility index (Phi) is 4.68. The van der Waals surface area contributed by atoms with Gasteiger partial charge in [-0.1, -0.05) is 12.1 Å². The van der Waals surface area contributed by atoms with Crippen LogP contribution in [0.2, 0.25) is 0 Å². The molecule has 0 amide bonds. The zero-order chi connectivity index (χ0) is 16.2. The molecule has 0 aliphatic carbocycles. The average molecular weight is 347 g/mol. The van der Waals surface area contributed by atoms with Crippen molar-refractivity contribution < 1.29 is 19.1 Å². The Balaban J connectivity index is 1.72. The molecule has 23 heavy (non-hydrogen) atoms. The van der Waals surface area contributed by atoms with Crippen LogP contribution in [-0.2, 0) is 14.3 Å². The van der Waals surface area contributed by atoms with Gasteiger partial charge in [-0.2, -0.15) is 0 Å². The largest absolute Gasteiger partial charge is 0.463 e. The van der Waals surface area contributed by atoms with E-state index in [0.717, 1.165) is 20.1 Å². The maximum absolute atomic E-state index is 11.9. The Morgan fingerprint density at radius 1 is 1.09 bits per heavy atom. The van der Waals surface area contributed by atoms with Gasteiger partial charge in [-0.3, -0.25) is 0 Å². The maximum atomic E-state index is 11.9. The number of carbonyl (C=O) groups excluding carboxylic acids is 2. The fourth-order valence-electron chi connectivity index (χ4n) is 1.94. The summed E-state index contributed by atoms with van der Waals surface area (Å²) in [5.74, 6) is -1.08. The first kappa shape index (κ1) is 15.6. The van der Waals surface area contributed by atoms with E-state index in [1.165, 1.54) is 11.3 Å². The molecule has 0 fully saturated rings. The highest BCUT2D eigenvalue weighted by molar-refractivity contribution is 7.26. The van der Waals surface area contributed by atoms with Crippen LogP contribution < -0.4 is 0 Å². The minimum Gasteiger partial charge on any atom is -0.463 e. The topological polar surface area (TPSA) is 65.5 Å². The van der Waals surface area contributed by atoms with Crippen molar-refractivity contribution in [1.29, 1.82) is 0 Å². The number of benzene rings is 1. The van der Waals surface area contributed by atoms with E-state index < -0.39 is 11.9 Å². The summed E-state index contributed by atoms with van der Waals surface area (Å²) in [6.45, 7) is 1.58. The third-order valence-electron chi connectivity index (χ3n) is 2.94. The number of aromatic nitrogens is 1. The van der Waals surface area contributed by atoms with Crippen molar-refractivity contribution in [3.05, 3.63) is 41.3 Å². The second kappa shape index (κ2) is 6.89. The molecule has 0 aliphatic heterocycles. The van der Waals surface area contributed by atoms with Crippen LogP contribution in [0.3, 0.4) is 0 Å². The van der Waals surface area contributed by atoms with Crippen molar-refractivity contribution in [3.63, 3.8) is 0 Å². The molecule has 2 aromatic heterocycles. The fraction of sp³-hybridized carbons (Fsp3) is 0.188. The molecule has 118 valence electrons. The molecule has 0 radical (unpaired) electrons. The summed E-state index contributed by atoms with van der Waals surface area (Å²) in [7, 11) is 0. The van der Waals surface area contributed by atoms with Crippen LogP contribution in [0.5, 0.6) is 0 Å². The predicted octanol–water partition coefficient (Wildman–Crippen LogP) is 3.74. The van der Waals surface area contributed by atoms with Crippen molar-refractivity contribution in [2.24, 2.45) is 0 Å². The van der Waals surface area contributed by atoms with Crippen molar-refractivity contribution in [2.75, 3.05) is 13.2 Å². The van der Waals surface area contributed by atoms with Crippen LogP contribution >= 0.6 is 22.7 Å². The van der Waals surface area contributed by atoms with Crippen LogP contribution in [0.4, 0.5) is 0 Å². The number of thiophene rings is 1. The second-order valence-electron chi connectivity index (χ2n) is 4.53. The zero-order valence-electron chi connectivity index (χ0n) is 12.3. The summed E-state index contributed by atoms with van der Waals surface area (Å²) < 4.78 is 10.7. The summed E-state index contributed by atoms with van der Waals surface area (Å²) in [5, 5.41) is 0.862. The molecule has 1 aromatic carbocycles. The Hall–Kier alpha value is -2.25. The third kappa shape index (κ3) is 3.57. The van der Waals surface area contributed by atoms with Crippen molar-refractivity contribution in [3.8, 4) is 9.88 Å². The van der Waals surface area contributed by atoms with Crippen LogP contribution in [0.25, 0.3) is 20.1 Å². The summed E-state index contributed by atoms with van der Waals surface area (Å²) in [6.07, 6.45) is 0. The molecule has 0 saturated heterocycles. The van der Waals surface area contributed by atoms with Crippen LogP contribution in [0.1, 0.15) is 16.6 Å². The Morgan fingerprint density at radius 2 is 1.91 bits per heavy atom. The molecule has 7 heteroatoms. The third-order valence-corrected chi connectivity index (χ3v) is 5.21. The number of para-hydroxylation sites is 1. The smallest absolute Gasteiger partial charge is 0.348 e. The molecular formula is C16H13NO4S2. The monoisotopic (exact) mass is 347 g/mol. The molecule has 2 heterocycles. The minimum atomic E-state index is -0.552. The van der Waals surface area contributed by atoms with Crippen LogP contribution in [0, 0.1) is 0 Å². The summed E-state index contributed by atoms with van der Waals surface area (Å²) in [6, 6.07) is 11.4. The number of carbonyl (C=O) groups is 2. The maximum Gasteiger partial charge on any atom is 0.348 e. The molecule has 0 bridgehead atoms. The van der Waals surface area contributed by atoms with Crippen LogP contribution in [0.15, 0.2) is 36.4 Å². The predicted molar refractivity (Wildman–Crippen MR) is 89.8 cm³/mol. The highest BCUT2D eigenvalue weighted by Crippen LogP contribution is 2.34. The summed E-state index contributed by atoms with van der Waals surface area (Å²) in [5.41, 5.74) is 0.937. The molecule has 0 atom stereocenters. The number of nitrogens with zero attached hydrogens (tertiary/aromatic N) is 1. The molecule has 0 spiro atoms. The van der Waals surface area contributed by atoms with E-state index in [1.807, 2.05) is 30.3 Å². The lowest BCUT2D eigenvalue weighted by Gasteiger charge is -2.02. The standard InChI is InChI=1S/C16H13NO4S2/c1-2-20-14(18)9-21-16(19)13-8-7-12(22-13)15-17-10-5-3-4-6-11(10)23-15/h3-8H,2,9H2,1H3. The quantitative estimate of drug-likeness (QED) is 0.658. The zero-order valence-corrected chi connectivity index (χ0v) is 13.9. The van der Waals surface area contributed by atoms with Gasteiger partial charge < -0.3 is 9.47 Å². The number of esters is 2. The Bertz CT molecular complexity index is 820. The van der Waals surface area contributed by atoms with Gasteiger partial charge >= 0.3 is 11.9 Å². The molecule has 0 aliphatic rings. The lowest BCUT2D eigenvalue weighted by Crippen LogP contribution is -2.15. The van der Waals surface area contributed by atoms with Gasteiger partial charge in [0.25, 0.3) is 0 Å². The van der Waals surface area contributed by atoms with Gasteiger partial charge in [-0.15, -0.1) is 22.7 Å². The van der Waals surface area contributed by atoms with E-state index >= 15 is 0 Å². The molecule has 0 N–H and O–H groups in total. The Labute approximate surface area is 140 Å². The number of hydrogen-bond acceptors (Lipinski definition) is 7. The number of hydrogen-bond donors (Lipinski definition) is 0. The van der Waals surface area contributed by atoms with E-state index in [1.54, 1.807) is 24.3 Å². The van der Waals surface area contributed by atoms with Gasteiger partial charge in [0.05, 0.1) is 21.7 Å². The first-order valence-corrected chi connectivity index (χ1v) is 8.59. The lowest BCUT2D eigenvalue weighted by molar-refractivity contribution is -0.146. The van der Waals surface area contributed by atoms with E-state index in [4.69, 9.17) is 9.47 Å². The van der Waals surface area contributed by atoms with E-state index in [2.05, 4.69) is 4.98 Å². The second-order valence-corrected chi connectivity index (χ2v) is 6.65. The van der Waals surface area contributed by atoms with Crippen molar-refractivity contribution in [1.82, 2.24) is 4.98 Å². The molecule has 0 saturated carbocycles. The summed E-state index contributed by atoms with van der Waals surface area (Å²) in [4.78, 5) is 29.0. The van der Waals surface area contributed by atoms with Gasteiger partial charge in [0, 0.05) is 0 Å². The average Bonchev–Trinajstić information content (AvgIpc) is 3.19. The number of thiazole rings is 1. The molecule has 0 unspecified atom stereocenters. The van der Waals surface area contributed by atoms with E-state index in [-0.39, 0.29) is 13.2 Å². The molecule has 3 aromatic rings.